The Kier molecular flexibility index (Phi) is 2.96. The van der Waals surface area contributed by atoms with Crippen molar-refractivity contribution < 1.29 is 4.74 Å². The van der Waals surface area contributed by atoms with Crippen molar-refractivity contribution in [3.63, 3.8) is 0 Å². The molecule has 1 rings (SSSR count). The highest BCUT2D eigenvalue weighted by Gasteiger charge is 2.13. The van der Waals surface area contributed by atoms with Gasteiger partial charge in [0.15, 0.2) is 0 Å². The molecular formula is C9H11BrOS. The van der Waals surface area contributed by atoms with E-state index in [2.05, 4.69) is 36.4 Å². The van der Waals surface area contributed by atoms with Crippen LogP contribution in [0.2, 0.25) is 0 Å². The van der Waals surface area contributed by atoms with Gasteiger partial charge in [-0.15, -0.1) is 11.3 Å². The van der Waals surface area contributed by atoms with Gasteiger partial charge in [0.1, 0.15) is 5.76 Å². The number of thiophene rings is 1. The molecule has 0 radical (unpaired) electrons. The number of halogens is 1. The molecule has 0 fully saturated rings. The molecule has 0 atom stereocenters. The highest BCUT2D eigenvalue weighted by atomic mass is 79.9. The molecule has 1 nitrogen and oxygen atoms in total. The van der Waals surface area contributed by atoms with E-state index >= 15 is 0 Å². The second kappa shape index (κ2) is 3.62. The molecule has 0 aliphatic rings. The van der Waals surface area contributed by atoms with E-state index in [-0.39, 0.29) is 0 Å². The minimum Gasteiger partial charge on any atom is -0.497 e. The summed E-state index contributed by atoms with van der Waals surface area (Å²) in [6, 6.07) is 0. The zero-order valence-corrected chi connectivity index (χ0v) is 9.80. The molecule has 0 aromatic carbocycles. The number of aryl methyl sites for hydroxylation is 1. The number of methoxy groups -OCH3 is 1. The van der Waals surface area contributed by atoms with Gasteiger partial charge in [-0.25, -0.2) is 0 Å². The normalized spacial score (nSPS) is 10.0. The zero-order chi connectivity index (χ0) is 9.30. The summed E-state index contributed by atoms with van der Waals surface area (Å²) in [5.74, 6) is 0.726. The van der Waals surface area contributed by atoms with E-state index < -0.39 is 0 Å². The molecule has 3 heteroatoms. The third-order valence-electron chi connectivity index (χ3n) is 1.87. The maximum Gasteiger partial charge on any atom is 0.121 e. The second-order valence-electron chi connectivity index (χ2n) is 2.56. The molecule has 0 N–H and O–H groups in total. The van der Waals surface area contributed by atoms with Crippen LogP contribution < -0.4 is 0 Å². The molecular weight excluding hydrogens is 236 g/mol. The van der Waals surface area contributed by atoms with Crippen LogP contribution in [-0.4, -0.2) is 7.11 Å². The fourth-order valence-electron chi connectivity index (χ4n) is 1.01. The van der Waals surface area contributed by atoms with Gasteiger partial charge in [-0.1, -0.05) is 6.58 Å². The van der Waals surface area contributed by atoms with Crippen molar-refractivity contribution >= 4 is 33.0 Å². The Morgan fingerprint density at radius 2 is 2.08 bits per heavy atom. The van der Waals surface area contributed by atoms with Crippen molar-refractivity contribution in [3.8, 4) is 0 Å². The monoisotopic (exact) mass is 246 g/mol. The van der Waals surface area contributed by atoms with E-state index in [1.165, 1.54) is 10.4 Å². The van der Waals surface area contributed by atoms with Crippen LogP contribution in [0.15, 0.2) is 10.4 Å². The predicted octanol–water partition coefficient (Wildman–Crippen LogP) is 3.74. The third kappa shape index (κ3) is 1.57. The summed E-state index contributed by atoms with van der Waals surface area (Å²) in [7, 11) is 1.64. The fourth-order valence-corrected chi connectivity index (χ4v) is 3.15. The van der Waals surface area contributed by atoms with Gasteiger partial charge in [-0.2, -0.15) is 0 Å². The van der Waals surface area contributed by atoms with Crippen molar-refractivity contribution in [2.75, 3.05) is 7.11 Å². The van der Waals surface area contributed by atoms with Crippen LogP contribution in [0.5, 0.6) is 0 Å². The van der Waals surface area contributed by atoms with Gasteiger partial charge in [0, 0.05) is 10.4 Å². The molecule has 0 saturated carbocycles. The molecule has 12 heavy (non-hydrogen) atoms. The molecule has 1 heterocycles. The van der Waals surface area contributed by atoms with Gasteiger partial charge < -0.3 is 4.74 Å². The second-order valence-corrected chi connectivity index (χ2v) is 5.10. The Balaban J connectivity index is 3.22. The Morgan fingerprint density at radius 3 is 2.42 bits per heavy atom. The van der Waals surface area contributed by atoms with E-state index in [0.29, 0.717) is 0 Å². The largest absolute Gasteiger partial charge is 0.497 e. The lowest BCUT2D eigenvalue weighted by molar-refractivity contribution is 0.371. The van der Waals surface area contributed by atoms with Crippen LogP contribution in [0, 0.1) is 13.8 Å². The molecule has 0 unspecified atom stereocenters. The molecule has 0 aliphatic heterocycles. The van der Waals surface area contributed by atoms with Crippen LogP contribution in [0.4, 0.5) is 0 Å². The first kappa shape index (κ1) is 9.81. The molecule has 0 saturated heterocycles. The third-order valence-corrected chi connectivity index (χ3v) is 3.75. The summed E-state index contributed by atoms with van der Waals surface area (Å²) in [5, 5.41) is 0. The van der Waals surface area contributed by atoms with E-state index in [9.17, 15) is 0 Å². The highest BCUT2D eigenvalue weighted by Crippen LogP contribution is 2.36. The average Bonchev–Trinajstić information content (AvgIpc) is 2.26. The van der Waals surface area contributed by atoms with Gasteiger partial charge >= 0.3 is 0 Å². The fraction of sp³-hybridized carbons (Fsp3) is 0.333. The molecule has 0 spiro atoms. The Morgan fingerprint density at radius 1 is 1.50 bits per heavy atom. The number of ether oxygens (including phenoxy) is 1. The quantitative estimate of drug-likeness (QED) is 0.723. The van der Waals surface area contributed by atoms with Crippen molar-refractivity contribution in [1.29, 1.82) is 0 Å². The molecule has 1 aromatic heterocycles. The summed E-state index contributed by atoms with van der Waals surface area (Å²) in [5.41, 5.74) is 2.35. The minimum atomic E-state index is 0.726. The van der Waals surface area contributed by atoms with Gasteiger partial charge in [0.2, 0.25) is 0 Å². The smallest absolute Gasteiger partial charge is 0.121 e. The lowest BCUT2D eigenvalue weighted by Gasteiger charge is -2.03. The summed E-state index contributed by atoms with van der Waals surface area (Å²) in [6.07, 6.45) is 0. The van der Waals surface area contributed by atoms with Crippen LogP contribution in [0.1, 0.15) is 16.0 Å². The van der Waals surface area contributed by atoms with Gasteiger partial charge in [0.05, 0.1) is 10.9 Å². The van der Waals surface area contributed by atoms with Crippen LogP contribution >= 0.6 is 27.3 Å². The first-order chi connectivity index (χ1) is 5.57. The Hall–Kier alpha value is -0.280. The predicted molar refractivity (Wildman–Crippen MR) is 57.5 cm³/mol. The molecule has 1 aromatic rings. The standard InChI is InChI=1S/C9H11BrOS/c1-5-7(3)12-9(10)8(5)6(2)11-4/h2H2,1,3-4H3. The van der Waals surface area contributed by atoms with E-state index in [1.54, 1.807) is 18.4 Å². The van der Waals surface area contributed by atoms with Crippen molar-refractivity contribution in [3.05, 3.63) is 26.4 Å². The number of hydrogen-bond acceptors (Lipinski definition) is 2. The zero-order valence-electron chi connectivity index (χ0n) is 7.40. The maximum atomic E-state index is 5.09. The number of hydrogen-bond donors (Lipinski definition) is 0. The summed E-state index contributed by atoms with van der Waals surface area (Å²) in [4.78, 5) is 1.30. The van der Waals surface area contributed by atoms with Gasteiger partial charge in [0.25, 0.3) is 0 Å². The SMILES string of the molecule is C=C(OC)c1c(Br)sc(C)c1C. The minimum absolute atomic E-state index is 0.726. The summed E-state index contributed by atoms with van der Waals surface area (Å²) < 4.78 is 6.19. The first-order valence-corrected chi connectivity index (χ1v) is 5.17. The lowest BCUT2D eigenvalue weighted by Crippen LogP contribution is -1.86. The van der Waals surface area contributed by atoms with Crippen molar-refractivity contribution in [1.82, 2.24) is 0 Å². The molecule has 0 bridgehead atoms. The van der Waals surface area contributed by atoms with Crippen LogP contribution in [0.3, 0.4) is 0 Å². The van der Waals surface area contributed by atoms with E-state index in [4.69, 9.17) is 4.74 Å². The number of rotatable bonds is 2. The van der Waals surface area contributed by atoms with Gasteiger partial charge in [-0.05, 0) is 35.3 Å². The van der Waals surface area contributed by atoms with E-state index in [1.807, 2.05) is 0 Å². The van der Waals surface area contributed by atoms with Crippen molar-refractivity contribution in [2.24, 2.45) is 0 Å². The highest BCUT2D eigenvalue weighted by molar-refractivity contribution is 9.11. The van der Waals surface area contributed by atoms with E-state index in [0.717, 1.165) is 15.1 Å². The maximum absolute atomic E-state index is 5.09. The van der Waals surface area contributed by atoms with Gasteiger partial charge in [-0.3, -0.25) is 0 Å². The molecule has 0 amide bonds. The Bertz CT molecular complexity index is 315. The average molecular weight is 247 g/mol. The lowest BCUT2D eigenvalue weighted by atomic mass is 10.1. The topological polar surface area (TPSA) is 9.23 Å². The molecule has 66 valence electrons. The summed E-state index contributed by atoms with van der Waals surface area (Å²) in [6.45, 7) is 8.01. The first-order valence-electron chi connectivity index (χ1n) is 3.56. The van der Waals surface area contributed by atoms with Crippen LogP contribution in [0.25, 0.3) is 5.76 Å². The Labute approximate surface area is 85.2 Å². The van der Waals surface area contributed by atoms with Crippen LogP contribution in [-0.2, 0) is 4.74 Å². The molecule has 0 aliphatic carbocycles. The van der Waals surface area contributed by atoms with Crippen molar-refractivity contribution in [2.45, 2.75) is 13.8 Å². The summed E-state index contributed by atoms with van der Waals surface area (Å²) >= 11 is 5.20.